The molecule has 0 amide bonds. The number of aromatic hydroxyl groups is 1. The van der Waals surface area contributed by atoms with E-state index < -0.39 is 0 Å². The Morgan fingerprint density at radius 3 is 1.97 bits per heavy atom. The van der Waals surface area contributed by atoms with Crippen molar-refractivity contribution in [1.29, 1.82) is 0 Å². The Balaban J connectivity index is 0.00000121. The predicted molar refractivity (Wildman–Crippen MR) is 150 cm³/mol. The number of hydrogen-bond donors (Lipinski definition) is 1. The van der Waals surface area contributed by atoms with Crippen LogP contribution in [0.3, 0.4) is 0 Å². The molecule has 0 saturated heterocycles. The SMILES string of the molecule is CC=O.CCCC/C(=N\OC)C(=O)c1ccc2c(c1)c1cc(C(=O)c3ccc(O)cc3)ccc1n2CC.O. The quantitative estimate of drug-likeness (QED) is 0.135. The summed E-state index contributed by atoms with van der Waals surface area (Å²) < 4.78 is 2.18. The summed E-state index contributed by atoms with van der Waals surface area (Å²) in [6.07, 6.45) is 3.12. The monoisotopic (exact) mass is 518 g/mol. The second-order valence-electron chi connectivity index (χ2n) is 8.47. The highest BCUT2D eigenvalue weighted by atomic mass is 16.6. The Bertz CT molecular complexity index is 1450. The summed E-state index contributed by atoms with van der Waals surface area (Å²) in [5.74, 6) is -0.155. The summed E-state index contributed by atoms with van der Waals surface area (Å²) in [4.78, 5) is 40.0. The molecule has 0 bridgehead atoms. The van der Waals surface area contributed by atoms with Gasteiger partial charge < -0.3 is 24.8 Å². The Hall–Kier alpha value is -4.30. The minimum Gasteiger partial charge on any atom is -0.508 e. The first-order valence-corrected chi connectivity index (χ1v) is 12.3. The van der Waals surface area contributed by atoms with E-state index in [1.807, 2.05) is 36.4 Å². The van der Waals surface area contributed by atoms with E-state index in [9.17, 15) is 14.7 Å². The molecule has 0 aliphatic heterocycles. The van der Waals surface area contributed by atoms with Gasteiger partial charge in [-0.2, -0.15) is 0 Å². The van der Waals surface area contributed by atoms with Crippen molar-refractivity contribution < 1.29 is 29.8 Å². The van der Waals surface area contributed by atoms with Crippen molar-refractivity contribution in [3.8, 4) is 5.75 Å². The molecular weight excluding hydrogens is 484 g/mol. The van der Waals surface area contributed by atoms with Gasteiger partial charge in [0.15, 0.2) is 5.78 Å². The smallest absolute Gasteiger partial charge is 0.210 e. The Morgan fingerprint density at radius 1 is 0.921 bits per heavy atom. The molecule has 4 rings (SSSR count). The normalized spacial score (nSPS) is 10.9. The fourth-order valence-corrected chi connectivity index (χ4v) is 4.33. The number of phenolic OH excluding ortho intramolecular Hbond substituents is 1. The lowest BCUT2D eigenvalue weighted by Gasteiger charge is -2.06. The Kier molecular flexibility index (Phi) is 10.9. The third-order valence-corrected chi connectivity index (χ3v) is 6.07. The molecule has 1 heterocycles. The van der Waals surface area contributed by atoms with Gasteiger partial charge in [-0.25, -0.2) is 0 Å². The van der Waals surface area contributed by atoms with E-state index in [1.54, 1.807) is 12.1 Å². The van der Waals surface area contributed by atoms with Crippen LogP contribution in [0.15, 0.2) is 65.8 Å². The standard InChI is InChI=1S/C28H28N2O4.C2H4O.H2O/c1-4-6-7-24(29-34-3)28(33)20-11-15-26-23(17-20)22-16-19(10-14-25(22)30(26)5-2)27(32)18-8-12-21(31)13-9-18;1-2-3;/h8-17,31H,4-7H2,1-3H3;2H,1H3;1H2/b29-24+;;. The molecule has 0 unspecified atom stereocenters. The number of Topliss-reactive ketones (excluding diaryl/α,β-unsaturated/α-hetero) is 1. The zero-order valence-electron chi connectivity index (χ0n) is 22.2. The van der Waals surface area contributed by atoms with Gasteiger partial charge in [-0.1, -0.05) is 18.5 Å². The maximum Gasteiger partial charge on any atom is 0.210 e. The summed E-state index contributed by atoms with van der Waals surface area (Å²) in [6.45, 7) is 6.34. The maximum absolute atomic E-state index is 13.2. The van der Waals surface area contributed by atoms with E-state index in [-0.39, 0.29) is 22.8 Å². The van der Waals surface area contributed by atoms with Crippen LogP contribution in [0.4, 0.5) is 0 Å². The highest BCUT2D eigenvalue weighted by Crippen LogP contribution is 2.31. The van der Waals surface area contributed by atoms with Crippen LogP contribution in [0.5, 0.6) is 5.75 Å². The van der Waals surface area contributed by atoms with Gasteiger partial charge in [0.1, 0.15) is 24.9 Å². The van der Waals surface area contributed by atoms with Crippen molar-refractivity contribution in [3.05, 3.63) is 77.4 Å². The molecule has 0 aliphatic rings. The van der Waals surface area contributed by atoms with Crippen LogP contribution >= 0.6 is 0 Å². The number of unbranched alkanes of at least 4 members (excludes halogenated alkanes) is 1. The summed E-state index contributed by atoms with van der Waals surface area (Å²) in [5, 5.41) is 15.3. The highest BCUT2D eigenvalue weighted by Gasteiger charge is 2.19. The largest absolute Gasteiger partial charge is 0.508 e. The number of hydrogen-bond acceptors (Lipinski definition) is 6. The Morgan fingerprint density at radius 2 is 1.45 bits per heavy atom. The number of fused-ring (bicyclic) bond motifs is 3. The van der Waals surface area contributed by atoms with E-state index in [0.717, 1.165) is 47.5 Å². The minimum absolute atomic E-state index is 0. The molecule has 0 radical (unpaired) electrons. The van der Waals surface area contributed by atoms with Crippen molar-refractivity contribution in [3.63, 3.8) is 0 Å². The van der Waals surface area contributed by atoms with Crippen molar-refractivity contribution in [2.45, 2.75) is 46.6 Å². The zero-order chi connectivity index (χ0) is 26.9. The summed E-state index contributed by atoms with van der Waals surface area (Å²) in [5.41, 5.74) is 4.01. The number of benzene rings is 3. The van der Waals surface area contributed by atoms with Crippen LogP contribution in [-0.4, -0.2) is 45.8 Å². The summed E-state index contributed by atoms with van der Waals surface area (Å²) in [6, 6.07) is 17.6. The number of aryl methyl sites for hydroxylation is 1. The average molecular weight is 519 g/mol. The number of carbonyl (C=O) groups is 3. The minimum atomic E-state index is -0.147. The molecular formula is C30H34N2O6. The molecule has 0 spiro atoms. The van der Waals surface area contributed by atoms with Crippen molar-refractivity contribution in [2.24, 2.45) is 5.16 Å². The molecule has 3 N–H and O–H groups in total. The summed E-state index contributed by atoms with van der Waals surface area (Å²) >= 11 is 0. The Labute approximate surface area is 221 Å². The van der Waals surface area contributed by atoms with Crippen LogP contribution in [0, 0.1) is 0 Å². The van der Waals surface area contributed by atoms with Crippen LogP contribution in [0.2, 0.25) is 0 Å². The molecule has 4 aromatic rings. The van der Waals surface area contributed by atoms with Crippen molar-refractivity contribution in [1.82, 2.24) is 4.57 Å². The second-order valence-corrected chi connectivity index (χ2v) is 8.47. The first kappa shape index (κ1) is 29.9. The molecule has 0 aliphatic carbocycles. The zero-order valence-corrected chi connectivity index (χ0v) is 22.2. The van der Waals surface area contributed by atoms with Crippen molar-refractivity contribution >= 4 is 45.4 Å². The van der Waals surface area contributed by atoms with Crippen LogP contribution < -0.4 is 0 Å². The lowest BCUT2D eigenvalue weighted by Crippen LogP contribution is -2.15. The maximum atomic E-state index is 13.2. The van der Waals surface area contributed by atoms with Gasteiger partial charge in [0, 0.05) is 45.0 Å². The van der Waals surface area contributed by atoms with E-state index in [1.165, 1.54) is 26.2 Å². The van der Waals surface area contributed by atoms with E-state index in [0.29, 0.717) is 28.8 Å². The van der Waals surface area contributed by atoms with Gasteiger partial charge in [0.05, 0.1) is 0 Å². The van der Waals surface area contributed by atoms with Gasteiger partial charge in [0.2, 0.25) is 5.78 Å². The van der Waals surface area contributed by atoms with E-state index in [2.05, 4.69) is 23.6 Å². The van der Waals surface area contributed by atoms with E-state index in [4.69, 9.17) is 9.63 Å². The lowest BCUT2D eigenvalue weighted by molar-refractivity contribution is -0.106. The first-order chi connectivity index (χ1) is 17.9. The number of phenols is 1. The number of nitrogens with zero attached hydrogens (tertiary/aromatic N) is 2. The van der Waals surface area contributed by atoms with E-state index >= 15 is 0 Å². The predicted octanol–water partition coefficient (Wildman–Crippen LogP) is 5.51. The highest BCUT2D eigenvalue weighted by molar-refractivity contribution is 6.46. The topological polar surface area (TPSA) is 129 Å². The van der Waals surface area contributed by atoms with Crippen LogP contribution in [0.25, 0.3) is 21.8 Å². The van der Waals surface area contributed by atoms with Gasteiger partial charge in [0.25, 0.3) is 0 Å². The molecule has 0 atom stereocenters. The molecule has 0 fully saturated rings. The number of carbonyl (C=O) groups excluding carboxylic acids is 3. The third kappa shape index (κ3) is 6.33. The van der Waals surface area contributed by atoms with Gasteiger partial charge in [-0.3, -0.25) is 9.59 Å². The second kappa shape index (κ2) is 13.9. The fourth-order valence-electron chi connectivity index (χ4n) is 4.33. The molecule has 200 valence electrons. The molecule has 38 heavy (non-hydrogen) atoms. The molecule has 3 aromatic carbocycles. The third-order valence-electron chi connectivity index (χ3n) is 6.07. The average Bonchev–Trinajstić information content (AvgIpc) is 3.23. The number of aromatic nitrogens is 1. The molecule has 0 saturated carbocycles. The molecule has 8 heteroatoms. The van der Waals surface area contributed by atoms with Gasteiger partial charge in [-0.15, -0.1) is 0 Å². The van der Waals surface area contributed by atoms with Gasteiger partial charge in [-0.05, 0) is 87.4 Å². The summed E-state index contributed by atoms with van der Waals surface area (Å²) in [7, 11) is 1.45. The lowest BCUT2D eigenvalue weighted by atomic mass is 9.99. The molecule has 1 aromatic heterocycles. The van der Waals surface area contributed by atoms with Gasteiger partial charge >= 0.3 is 0 Å². The number of ketones is 2. The van der Waals surface area contributed by atoms with Crippen LogP contribution in [-0.2, 0) is 16.2 Å². The number of aldehydes is 1. The van der Waals surface area contributed by atoms with Crippen molar-refractivity contribution in [2.75, 3.05) is 7.11 Å². The fraction of sp³-hybridized carbons (Fsp3) is 0.267. The van der Waals surface area contributed by atoms with Crippen LogP contribution in [0.1, 0.15) is 66.3 Å². The first-order valence-electron chi connectivity index (χ1n) is 12.3. The number of oxime groups is 1. The number of rotatable bonds is 9. The molecule has 8 nitrogen and oxygen atoms in total.